The van der Waals surface area contributed by atoms with Crippen molar-refractivity contribution in [1.82, 2.24) is 9.55 Å². The quantitative estimate of drug-likeness (QED) is 0.914. The van der Waals surface area contributed by atoms with Crippen molar-refractivity contribution in [3.8, 4) is 17.0 Å². The van der Waals surface area contributed by atoms with Crippen LogP contribution < -0.4 is 10.5 Å². The summed E-state index contributed by atoms with van der Waals surface area (Å²) in [7, 11) is 1.76. The van der Waals surface area contributed by atoms with Gasteiger partial charge in [-0.15, -0.1) is 0 Å². The van der Waals surface area contributed by atoms with E-state index in [2.05, 4.69) is 9.72 Å². The SMILES string of the molecule is Cc1nc(-c2ccccc2OC(F)F)c(N)n1C. The van der Waals surface area contributed by atoms with Crippen LogP contribution in [0.5, 0.6) is 5.75 Å². The van der Waals surface area contributed by atoms with Crippen LogP contribution in [0.1, 0.15) is 5.82 Å². The normalized spacial score (nSPS) is 10.9. The van der Waals surface area contributed by atoms with Crippen molar-refractivity contribution in [2.45, 2.75) is 13.5 Å². The van der Waals surface area contributed by atoms with Crippen molar-refractivity contribution in [1.29, 1.82) is 0 Å². The van der Waals surface area contributed by atoms with Gasteiger partial charge < -0.3 is 15.0 Å². The van der Waals surface area contributed by atoms with Crippen LogP contribution >= 0.6 is 0 Å². The van der Waals surface area contributed by atoms with Gasteiger partial charge in [-0.1, -0.05) is 12.1 Å². The Morgan fingerprint density at radius 1 is 1.33 bits per heavy atom. The minimum Gasteiger partial charge on any atom is -0.434 e. The fourth-order valence-corrected chi connectivity index (χ4v) is 1.69. The molecule has 18 heavy (non-hydrogen) atoms. The molecule has 0 aliphatic rings. The van der Waals surface area contributed by atoms with Gasteiger partial charge in [0.05, 0.1) is 0 Å². The Bertz CT molecular complexity index is 566. The zero-order chi connectivity index (χ0) is 13.3. The molecule has 2 rings (SSSR count). The molecule has 0 aliphatic carbocycles. The summed E-state index contributed by atoms with van der Waals surface area (Å²) in [4.78, 5) is 4.26. The topological polar surface area (TPSA) is 53.1 Å². The fraction of sp³-hybridized carbons (Fsp3) is 0.250. The molecule has 0 amide bonds. The molecular formula is C12H13F2N3O. The Balaban J connectivity index is 2.53. The summed E-state index contributed by atoms with van der Waals surface area (Å²) in [5.74, 6) is 1.18. The highest BCUT2D eigenvalue weighted by Gasteiger charge is 2.17. The first kappa shape index (κ1) is 12.3. The minimum atomic E-state index is -2.88. The van der Waals surface area contributed by atoms with E-state index in [9.17, 15) is 8.78 Å². The molecule has 0 radical (unpaired) electrons. The third kappa shape index (κ3) is 2.13. The number of halogens is 2. The average Bonchev–Trinajstić information content (AvgIpc) is 2.57. The van der Waals surface area contributed by atoms with Crippen molar-refractivity contribution in [3.05, 3.63) is 30.1 Å². The summed E-state index contributed by atoms with van der Waals surface area (Å²) in [5.41, 5.74) is 6.80. The van der Waals surface area contributed by atoms with Crippen LogP contribution in [0.25, 0.3) is 11.3 Å². The standard InChI is InChI=1S/C12H13F2N3O/c1-7-16-10(11(15)17(7)2)8-5-3-4-6-9(8)18-12(13)14/h3-6,12H,15H2,1-2H3. The lowest BCUT2D eigenvalue weighted by Crippen LogP contribution is -2.04. The number of nitrogens with zero attached hydrogens (tertiary/aromatic N) is 2. The molecule has 1 heterocycles. The van der Waals surface area contributed by atoms with Gasteiger partial charge in [0.1, 0.15) is 23.1 Å². The maximum absolute atomic E-state index is 12.3. The van der Waals surface area contributed by atoms with Crippen molar-refractivity contribution in [2.75, 3.05) is 5.73 Å². The molecule has 0 saturated heterocycles. The molecule has 96 valence electrons. The van der Waals surface area contributed by atoms with E-state index in [0.717, 1.165) is 0 Å². The molecule has 0 fully saturated rings. The van der Waals surface area contributed by atoms with Gasteiger partial charge in [0, 0.05) is 12.6 Å². The predicted molar refractivity (Wildman–Crippen MR) is 64.4 cm³/mol. The number of aryl methyl sites for hydroxylation is 1. The summed E-state index contributed by atoms with van der Waals surface area (Å²) in [6.45, 7) is -1.09. The van der Waals surface area contributed by atoms with E-state index in [4.69, 9.17) is 5.73 Å². The first-order valence-corrected chi connectivity index (χ1v) is 5.33. The smallest absolute Gasteiger partial charge is 0.387 e. The molecule has 0 saturated carbocycles. The van der Waals surface area contributed by atoms with Gasteiger partial charge in [-0.25, -0.2) is 4.98 Å². The second-order valence-corrected chi connectivity index (χ2v) is 3.83. The van der Waals surface area contributed by atoms with Gasteiger partial charge in [0.2, 0.25) is 0 Å². The van der Waals surface area contributed by atoms with Crippen LogP contribution in [0.2, 0.25) is 0 Å². The van der Waals surface area contributed by atoms with Gasteiger partial charge in [-0.3, -0.25) is 0 Å². The highest BCUT2D eigenvalue weighted by atomic mass is 19.3. The van der Waals surface area contributed by atoms with Crippen LogP contribution in [0, 0.1) is 6.92 Å². The second-order valence-electron chi connectivity index (χ2n) is 3.83. The van der Waals surface area contributed by atoms with Crippen LogP contribution in [0.4, 0.5) is 14.6 Å². The minimum absolute atomic E-state index is 0.0669. The number of benzene rings is 1. The Morgan fingerprint density at radius 2 is 2.00 bits per heavy atom. The zero-order valence-electron chi connectivity index (χ0n) is 10.0. The van der Waals surface area contributed by atoms with Gasteiger partial charge >= 0.3 is 6.61 Å². The highest BCUT2D eigenvalue weighted by Crippen LogP contribution is 2.33. The zero-order valence-corrected chi connectivity index (χ0v) is 10.0. The third-order valence-electron chi connectivity index (χ3n) is 2.72. The van der Waals surface area contributed by atoms with Crippen LogP contribution in [-0.4, -0.2) is 16.2 Å². The Kier molecular flexibility index (Phi) is 3.18. The number of alkyl halides is 2. The second kappa shape index (κ2) is 4.64. The van der Waals surface area contributed by atoms with Crippen molar-refractivity contribution >= 4 is 5.82 Å². The molecule has 0 unspecified atom stereocenters. The maximum atomic E-state index is 12.3. The largest absolute Gasteiger partial charge is 0.434 e. The molecule has 0 aliphatic heterocycles. The average molecular weight is 253 g/mol. The first-order chi connectivity index (χ1) is 8.50. The van der Waals surface area contributed by atoms with Gasteiger partial charge in [-0.2, -0.15) is 8.78 Å². The van der Waals surface area contributed by atoms with Gasteiger partial charge in [-0.05, 0) is 19.1 Å². The van der Waals surface area contributed by atoms with Crippen molar-refractivity contribution < 1.29 is 13.5 Å². The highest BCUT2D eigenvalue weighted by molar-refractivity contribution is 5.76. The molecule has 0 atom stereocenters. The van der Waals surface area contributed by atoms with E-state index in [1.807, 2.05) is 0 Å². The van der Waals surface area contributed by atoms with Crippen molar-refractivity contribution in [2.24, 2.45) is 7.05 Å². The number of imidazole rings is 1. The third-order valence-corrected chi connectivity index (χ3v) is 2.72. The van der Waals surface area contributed by atoms with Crippen LogP contribution in [0.3, 0.4) is 0 Å². The summed E-state index contributed by atoms with van der Waals surface area (Å²) in [5, 5.41) is 0. The monoisotopic (exact) mass is 253 g/mol. The van der Waals surface area contributed by atoms with E-state index in [-0.39, 0.29) is 5.75 Å². The number of nitrogens with two attached hydrogens (primary N) is 1. The molecule has 4 nitrogen and oxygen atoms in total. The molecule has 1 aromatic carbocycles. The van der Waals surface area contributed by atoms with Crippen LogP contribution in [0.15, 0.2) is 24.3 Å². The Labute approximate surface area is 103 Å². The van der Waals surface area contributed by atoms with E-state index < -0.39 is 6.61 Å². The predicted octanol–water partition coefficient (Wildman–Crippen LogP) is 2.58. The van der Waals surface area contributed by atoms with Crippen molar-refractivity contribution in [3.63, 3.8) is 0 Å². The molecule has 0 bridgehead atoms. The molecular weight excluding hydrogens is 240 g/mol. The fourth-order valence-electron chi connectivity index (χ4n) is 1.69. The molecule has 1 aromatic heterocycles. The number of nitrogen functional groups attached to an aromatic ring is 1. The Morgan fingerprint density at radius 3 is 2.56 bits per heavy atom. The molecule has 0 spiro atoms. The van der Waals surface area contributed by atoms with E-state index in [1.165, 1.54) is 6.07 Å². The summed E-state index contributed by atoms with van der Waals surface area (Å²) >= 11 is 0. The number of hydrogen-bond donors (Lipinski definition) is 1. The number of aromatic nitrogens is 2. The molecule has 6 heteroatoms. The lowest BCUT2D eigenvalue weighted by Gasteiger charge is -2.09. The summed E-state index contributed by atoms with van der Waals surface area (Å²) in [6.07, 6.45) is 0. The van der Waals surface area contributed by atoms with E-state index in [1.54, 1.807) is 36.7 Å². The number of hydrogen-bond acceptors (Lipinski definition) is 3. The summed E-state index contributed by atoms with van der Waals surface area (Å²) in [6, 6.07) is 6.45. The molecule has 2 N–H and O–H groups in total. The first-order valence-electron chi connectivity index (χ1n) is 5.33. The lowest BCUT2D eigenvalue weighted by atomic mass is 10.1. The maximum Gasteiger partial charge on any atom is 0.387 e. The number of rotatable bonds is 3. The van der Waals surface area contributed by atoms with E-state index in [0.29, 0.717) is 22.9 Å². The lowest BCUT2D eigenvalue weighted by molar-refractivity contribution is -0.0494. The van der Waals surface area contributed by atoms with E-state index >= 15 is 0 Å². The number of ether oxygens (including phenoxy) is 1. The van der Waals surface area contributed by atoms with Gasteiger partial charge in [0.15, 0.2) is 0 Å². The van der Waals surface area contributed by atoms with Gasteiger partial charge in [0.25, 0.3) is 0 Å². The number of anilines is 1. The van der Waals surface area contributed by atoms with Crippen LogP contribution in [-0.2, 0) is 7.05 Å². The Hall–Kier alpha value is -2.11. The summed E-state index contributed by atoms with van der Waals surface area (Å²) < 4.78 is 30.8. The number of para-hydroxylation sites is 1. The molecule has 2 aromatic rings.